The summed E-state index contributed by atoms with van der Waals surface area (Å²) in [7, 11) is 0.116. The standard InChI is InChI=1S/C22H24N4O4S/c1-25-13-11-23-21(25)20(17-6-4-5-7-19(17)30-2)24-22(27)16-8-9-18-15(14-16)10-12-26(18)31(3,28)29/h4-9,11,13-14,20H,10,12H2,1-3H3,(H,24,27)/t20-/m1/s1. The van der Waals surface area contributed by atoms with E-state index in [0.717, 1.165) is 11.1 Å². The topological polar surface area (TPSA) is 93.5 Å². The number of imidazole rings is 1. The SMILES string of the molecule is COc1ccccc1[C@@H](NC(=O)c1ccc2c(c1)CCN2S(C)(=O)=O)c1nccn1C. The Bertz CT molecular complexity index is 1240. The molecular formula is C22H24N4O4S. The number of aromatic nitrogens is 2. The minimum Gasteiger partial charge on any atom is -0.496 e. The smallest absolute Gasteiger partial charge is 0.252 e. The van der Waals surface area contributed by atoms with E-state index in [4.69, 9.17) is 4.74 Å². The van der Waals surface area contributed by atoms with Crippen LogP contribution >= 0.6 is 0 Å². The molecule has 162 valence electrons. The van der Waals surface area contributed by atoms with Crippen molar-refractivity contribution in [1.82, 2.24) is 14.9 Å². The van der Waals surface area contributed by atoms with Gasteiger partial charge in [-0.2, -0.15) is 0 Å². The Balaban J connectivity index is 1.67. The molecule has 0 radical (unpaired) electrons. The molecule has 8 nitrogen and oxygen atoms in total. The lowest BCUT2D eigenvalue weighted by Crippen LogP contribution is -2.31. The number of carbonyl (C=O) groups is 1. The van der Waals surface area contributed by atoms with Crippen molar-refractivity contribution in [3.05, 3.63) is 77.4 Å². The van der Waals surface area contributed by atoms with Crippen LogP contribution in [-0.4, -0.2) is 43.8 Å². The Kier molecular flexibility index (Phi) is 5.45. The first-order valence-corrected chi connectivity index (χ1v) is 11.7. The Morgan fingerprint density at radius 1 is 1.23 bits per heavy atom. The second kappa shape index (κ2) is 8.07. The Morgan fingerprint density at radius 3 is 2.68 bits per heavy atom. The molecular weight excluding hydrogens is 416 g/mol. The van der Waals surface area contributed by atoms with Crippen LogP contribution in [0.1, 0.15) is 33.4 Å². The van der Waals surface area contributed by atoms with Gasteiger partial charge in [0, 0.05) is 37.1 Å². The van der Waals surface area contributed by atoms with Gasteiger partial charge >= 0.3 is 0 Å². The molecule has 1 N–H and O–H groups in total. The molecule has 0 aliphatic carbocycles. The molecule has 1 aliphatic heterocycles. The lowest BCUT2D eigenvalue weighted by molar-refractivity contribution is 0.0940. The van der Waals surface area contributed by atoms with Gasteiger partial charge in [-0.05, 0) is 36.2 Å². The van der Waals surface area contributed by atoms with Crippen molar-refractivity contribution in [2.45, 2.75) is 12.5 Å². The average Bonchev–Trinajstić information content (AvgIpc) is 3.37. The minimum absolute atomic E-state index is 0.278. The summed E-state index contributed by atoms with van der Waals surface area (Å²) in [5.74, 6) is 1.04. The van der Waals surface area contributed by atoms with Crippen molar-refractivity contribution in [3.8, 4) is 5.75 Å². The third-order valence-electron chi connectivity index (χ3n) is 5.44. The number of nitrogens with zero attached hydrogens (tertiary/aromatic N) is 3. The van der Waals surface area contributed by atoms with Gasteiger partial charge in [0.25, 0.3) is 5.91 Å². The molecule has 9 heteroatoms. The third kappa shape index (κ3) is 4.00. The maximum Gasteiger partial charge on any atom is 0.252 e. The number of carbonyl (C=O) groups excluding carboxylic acids is 1. The van der Waals surface area contributed by atoms with E-state index >= 15 is 0 Å². The third-order valence-corrected chi connectivity index (χ3v) is 6.62. The lowest BCUT2D eigenvalue weighted by Gasteiger charge is -2.21. The monoisotopic (exact) mass is 440 g/mol. The van der Waals surface area contributed by atoms with Gasteiger partial charge in [0.2, 0.25) is 10.0 Å². The summed E-state index contributed by atoms with van der Waals surface area (Å²) in [6.07, 6.45) is 5.25. The van der Waals surface area contributed by atoms with Crippen molar-refractivity contribution in [1.29, 1.82) is 0 Å². The fraction of sp³-hybridized carbons (Fsp3) is 0.273. The van der Waals surface area contributed by atoms with Gasteiger partial charge in [-0.15, -0.1) is 0 Å². The number of rotatable bonds is 6. The fourth-order valence-electron chi connectivity index (χ4n) is 3.91. The van der Waals surface area contributed by atoms with Crippen LogP contribution in [-0.2, 0) is 23.5 Å². The first-order chi connectivity index (χ1) is 14.8. The second-order valence-corrected chi connectivity index (χ2v) is 9.38. The number of hydrogen-bond acceptors (Lipinski definition) is 5. The molecule has 0 spiro atoms. The number of amides is 1. The molecule has 3 aromatic rings. The van der Waals surface area contributed by atoms with Gasteiger partial charge in [-0.1, -0.05) is 18.2 Å². The van der Waals surface area contributed by atoms with Crippen LogP contribution in [0.25, 0.3) is 0 Å². The molecule has 4 rings (SSSR count). The largest absolute Gasteiger partial charge is 0.496 e. The molecule has 2 heterocycles. The molecule has 0 saturated heterocycles. The minimum atomic E-state index is -3.34. The molecule has 1 aliphatic rings. The molecule has 0 bridgehead atoms. The zero-order valence-corrected chi connectivity index (χ0v) is 18.4. The highest BCUT2D eigenvalue weighted by atomic mass is 32.2. The number of ether oxygens (including phenoxy) is 1. The van der Waals surface area contributed by atoms with E-state index in [2.05, 4.69) is 10.3 Å². The van der Waals surface area contributed by atoms with Crippen LogP contribution < -0.4 is 14.4 Å². The predicted molar refractivity (Wildman–Crippen MR) is 118 cm³/mol. The number of methoxy groups -OCH3 is 1. The number of benzene rings is 2. The van der Waals surface area contributed by atoms with Crippen molar-refractivity contribution in [2.75, 3.05) is 24.2 Å². The number of sulfonamides is 1. The van der Waals surface area contributed by atoms with E-state index in [1.165, 1.54) is 10.6 Å². The Hall–Kier alpha value is -3.33. The maximum absolute atomic E-state index is 13.2. The van der Waals surface area contributed by atoms with Crippen LogP contribution in [0.5, 0.6) is 5.75 Å². The summed E-state index contributed by atoms with van der Waals surface area (Å²) in [6.45, 7) is 0.385. The van der Waals surface area contributed by atoms with E-state index in [0.29, 0.717) is 35.8 Å². The molecule has 2 aromatic carbocycles. The van der Waals surface area contributed by atoms with Crippen LogP contribution in [0.15, 0.2) is 54.9 Å². The van der Waals surface area contributed by atoms with E-state index in [9.17, 15) is 13.2 Å². The summed E-state index contributed by atoms with van der Waals surface area (Å²) in [6, 6.07) is 12.1. The van der Waals surface area contributed by atoms with E-state index < -0.39 is 16.1 Å². The lowest BCUT2D eigenvalue weighted by atomic mass is 10.0. The summed E-state index contributed by atoms with van der Waals surface area (Å²) in [4.78, 5) is 17.6. The highest BCUT2D eigenvalue weighted by Crippen LogP contribution is 2.32. The number of aryl methyl sites for hydroxylation is 1. The van der Waals surface area contributed by atoms with Crippen molar-refractivity contribution < 1.29 is 17.9 Å². The van der Waals surface area contributed by atoms with Gasteiger partial charge in [0.1, 0.15) is 17.6 Å². The van der Waals surface area contributed by atoms with E-state index in [-0.39, 0.29) is 5.91 Å². The molecule has 1 amide bonds. The predicted octanol–water partition coefficient (Wildman–Crippen LogP) is 2.27. The summed E-state index contributed by atoms with van der Waals surface area (Å²) in [5.41, 5.74) is 2.72. The number of para-hydroxylation sites is 1. The zero-order valence-electron chi connectivity index (χ0n) is 17.6. The summed E-state index contributed by atoms with van der Waals surface area (Å²) >= 11 is 0. The van der Waals surface area contributed by atoms with Crippen molar-refractivity contribution in [2.24, 2.45) is 7.05 Å². The first-order valence-electron chi connectivity index (χ1n) is 9.81. The Labute approximate surface area is 181 Å². The number of fused-ring (bicyclic) bond motifs is 1. The maximum atomic E-state index is 13.2. The zero-order chi connectivity index (χ0) is 22.2. The molecule has 0 fully saturated rings. The molecule has 1 atom stereocenters. The van der Waals surface area contributed by atoms with Gasteiger partial charge < -0.3 is 14.6 Å². The van der Waals surface area contributed by atoms with Crippen LogP contribution in [0, 0.1) is 0 Å². The van der Waals surface area contributed by atoms with Crippen molar-refractivity contribution in [3.63, 3.8) is 0 Å². The van der Waals surface area contributed by atoms with Gasteiger partial charge in [0.15, 0.2) is 0 Å². The summed E-state index contributed by atoms with van der Waals surface area (Å²) < 4.78 is 32.7. The second-order valence-electron chi connectivity index (χ2n) is 7.47. The average molecular weight is 441 g/mol. The normalized spacial score (nSPS) is 14.2. The summed E-state index contributed by atoms with van der Waals surface area (Å²) in [5, 5.41) is 3.07. The van der Waals surface area contributed by atoms with Crippen LogP contribution in [0.3, 0.4) is 0 Å². The van der Waals surface area contributed by atoms with Gasteiger partial charge in [0.05, 0.1) is 19.1 Å². The van der Waals surface area contributed by atoms with E-state index in [1.54, 1.807) is 31.5 Å². The fourth-order valence-corrected chi connectivity index (χ4v) is 4.87. The number of hydrogen-bond donors (Lipinski definition) is 1. The number of anilines is 1. The molecule has 1 aromatic heterocycles. The highest BCUT2D eigenvalue weighted by molar-refractivity contribution is 7.92. The van der Waals surface area contributed by atoms with Gasteiger partial charge in [-0.3, -0.25) is 9.10 Å². The highest BCUT2D eigenvalue weighted by Gasteiger charge is 2.28. The van der Waals surface area contributed by atoms with Gasteiger partial charge in [-0.25, -0.2) is 13.4 Å². The number of nitrogens with one attached hydrogen (secondary N) is 1. The van der Waals surface area contributed by atoms with E-state index in [1.807, 2.05) is 42.1 Å². The van der Waals surface area contributed by atoms with Crippen LogP contribution in [0.4, 0.5) is 5.69 Å². The molecule has 0 unspecified atom stereocenters. The van der Waals surface area contributed by atoms with Crippen molar-refractivity contribution >= 4 is 21.6 Å². The first kappa shape index (κ1) is 20.9. The Morgan fingerprint density at radius 2 is 2.00 bits per heavy atom. The molecule has 31 heavy (non-hydrogen) atoms. The molecule has 0 saturated carbocycles. The quantitative estimate of drug-likeness (QED) is 0.635. The van der Waals surface area contributed by atoms with Crippen LogP contribution in [0.2, 0.25) is 0 Å².